The molecule has 12 heteroatoms. The van der Waals surface area contributed by atoms with E-state index in [0.717, 1.165) is 24.7 Å². The van der Waals surface area contributed by atoms with Crippen molar-refractivity contribution >= 4 is 34.2 Å². The number of nitrogens with two attached hydrogens (primary N) is 1. The van der Waals surface area contributed by atoms with Crippen molar-refractivity contribution in [3.63, 3.8) is 0 Å². The molecule has 1 saturated heterocycles. The first-order chi connectivity index (χ1) is 22.5. The van der Waals surface area contributed by atoms with Crippen molar-refractivity contribution in [2.45, 2.75) is 51.4 Å². The van der Waals surface area contributed by atoms with Crippen molar-refractivity contribution in [1.82, 2.24) is 24.3 Å². The lowest BCUT2D eigenvalue weighted by molar-refractivity contribution is -0.138. The summed E-state index contributed by atoms with van der Waals surface area (Å²) in [6.07, 6.45) is 1.17. The number of hydrogen-bond donors (Lipinski definition) is 2. The minimum absolute atomic E-state index is 0.0605. The fourth-order valence-corrected chi connectivity index (χ4v) is 6.22. The topological polar surface area (TPSA) is 109 Å². The van der Waals surface area contributed by atoms with Gasteiger partial charge in [-0.2, -0.15) is 13.2 Å². The summed E-state index contributed by atoms with van der Waals surface area (Å²) < 4.78 is 44.3. The molecule has 1 amide bonds. The molecule has 47 heavy (non-hydrogen) atoms. The molecule has 0 atom stereocenters. The Labute approximate surface area is 271 Å². The number of piperazine rings is 1. The van der Waals surface area contributed by atoms with E-state index in [0.29, 0.717) is 66.8 Å². The molecular weight excluding hydrogens is 607 g/mol. The molecule has 2 aliphatic rings. The van der Waals surface area contributed by atoms with Gasteiger partial charge in [-0.15, -0.1) is 0 Å². The van der Waals surface area contributed by atoms with Gasteiger partial charge < -0.3 is 20.5 Å². The van der Waals surface area contributed by atoms with E-state index in [2.05, 4.69) is 32.0 Å². The van der Waals surface area contributed by atoms with Crippen LogP contribution in [0.5, 0.6) is 0 Å². The van der Waals surface area contributed by atoms with Gasteiger partial charge in [0, 0.05) is 74.6 Å². The number of carbonyl (C=O) groups excluding carboxylic acids is 2. The highest BCUT2D eigenvalue weighted by molar-refractivity contribution is 6.04. The smallest absolute Gasteiger partial charge is 0.383 e. The van der Waals surface area contributed by atoms with Crippen LogP contribution in [0, 0.1) is 18.8 Å². The van der Waals surface area contributed by atoms with Crippen LogP contribution in [0.3, 0.4) is 0 Å². The number of nitrogen functional groups attached to an aromatic ring is 1. The Bertz CT molecular complexity index is 1890. The quantitative estimate of drug-likeness (QED) is 0.280. The molecule has 4 aromatic rings. The summed E-state index contributed by atoms with van der Waals surface area (Å²) in [5.74, 6) is 6.32. The van der Waals surface area contributed by atoms with Gasteiger partial charge in [0.05, 0.1) is 16.5 Å². The molecule has 6 rings (SSSR count). The number of hydrogen-bond acceptors (Lipinski definition) is 7. The van der Waals surface area contributed by atoms with E-state index >= 15 is 0 Å². The van der Waals surface area contributed by atoms with E-state index in [-0.39, 0.29) is 35.2 Å². The average Bonchev–Trinajstić information content (AvgIpc) is 3.42. The molecule has 1 aliphatic carbocycles. The second kappa shape index (κ2) is 13.2. The number of aryl methyl sites for hydroxylation is 1. The Balaban J connectivity index is 1.24. The SMILES string of the molecule is Cc1ccc(C(=O)Nc2ccc(CN3CCN(C)CC3)c(C(F)(F)F)c2)cc1C#Cc1cn(C2CCC(=O)CC2)c2ncnc(N)c12. The molecule has 2 aromatic heterocycles. The summed E-state index contributed by atoms with van der Waals surface area (Å²) in [6, 6.07) is 9.03. The molecule has 3 N–H and O–H groups in total. The van der Waals surface area contributed by atoms with Gasteiger partial charge in [-0.3, -0.25) is 14.5 Å². The number of fused-ring (bicyclic) bond motifs is 1. The minimum atomic E-state index is -4.57. The van der Waals surface area contributed by atoms with Crippen LogP contribution < -0.4 is 11.1 Å². The van der Waals surface area contributed by atoms with E-state index in [1.807, 2.05) is 29.6 Å². The van der Waals surface area contributed by atoms with Gasteiger partial charge in [0.2, 0.25) is 0 Å². The van der Waals surface area contributed by atoms with E-state index in [1.54, 1.807) is 18.2 Å². The summed E-state index contributed by atoms with van der Waals surface area (Å²) in [5.41, 5.74) is 8.66. The number of nitrogens with zero attached hydrogens (tertiary/aromatic N) is 5. The normalized spacial score (nSPS) is 16.7. The van der Waals surface area contributed by atoms with Gasteiger partial charge in [-0.25, -0.2) is 9.97 Å². The second-order valence-electron chi connectivity index (χ2n) is 12.4. The number of amides is 1. The Morgan fingerprint density at radius 3 is 2.47 bits per heavy atom. The number of benzene rings is 2. The van der Waals surface area contributed by atoms with Crippen LogP contribution in [-0.4, -0.2) is 69.3 Å². The number of carbonyl (C=O) groups is 2. The highest BCUT2D eigenvalue weighted by atomic mass is 19.4. The number of nitrogens with one attached hydrogen (secondary N) is 1. The standard InChI is InChI=1S/C35H36F3N7O2/c1-22-3-4-24(34(47)42-27-8-7-25(30(18-27)35(36,37)38)19-44-15-13-43(2)14-16-44)17-23(22)5-6-26-20-45(28-9-11-29(46)12-10-28)33-31(26)32(39)40-21-41-33/h3-4,7-8,17-18,20-21,28H,9-16,19H2,1-2H3,(H,42,47)(H2,39,40,41). The summed E-state index contributed by atoms with van der Waals surface area (Å²) in [6.45, 7) is 5.03. The van der Waals surface area contributed by atoms with Gasteiger partial charge in [-0.05, 0) is 62.2 Å². The lowest BCUT2D eigenvalue weighted by Crippen LogP contribution is -2.44. The molecule has 3 heterocycles. The van der Waals surface area contributed by atoms with E-state index in [9.17, 15) is 22.8 Å². The van der Waals surface area contributed by atoms with Crippen molar-refractivity contribution in [1.29, 1.82) is 0 Å². The molecule has 1 saturated carbocycles. The largest absolute Gasteiger partial charge is 0.416 e. The minimum Gasteiger partial charge on any atom is -0.383 e. The third kappa shape index (κ3) is 7.16. The Morgan fingerprint density at radius 2 is 1.74 bits per heavy atom. The number of aromatic nitrogens is 3. The van der Waals surface area contributed by atoms with Gasteiger partial charge in [0.25, 0.3) is 5.91 Å². The van der Waals surface area contributed by atoms with Crippen LogP contribution in [0.4, 0.5) is 24.7 Å². The van der Waals surface area contributed by atoms with E-state index in [4.69, 9.17) is 5.73 Å². The maximum Gasteiger partial charge on any atom is 0.416 e. The summed E-state index contributed by atoms with van der Waals surface area (Å²) in [5, 5.41) is 3.26. The number of likely N-dealkylation sites (N-methyl/N-ethyl adjacent to an activating group) is 1. The third-order valence-electron chi connectivity index (χ3n) is 9.04. The average molecular weight is 644 g/mol. The predicted octanol–water partition coefficient (Wildman–Crippen LogP) is 5.42. The number of alkyl halides is 3. The fraction of sp³-hybridized carbons (Fsp3) is 0.371. The van der Waals surface area contributed by atoms with Crippen LogP contribution in [0.15, 0.2) is 48.9 Å². The number of rotatable bonds is 5. The summed E-state index contributed by atoms with van der Waals surface area (Å²) in [4.78, 5) is 37.8. The van der Waals surface area contributed by atoms with Gasteiger partial charge in [-0.1, -0.05) is 24.0 Å². The number of Topliss-reactive ketones (excluding diaryl/α,β-unsaturated/α-hetero) is 1. The molecule has 0 unspecified atom stereocenters. The van der Waals surface area contributed by atoms with Gasteiger partial charge in [0.15, 0.2) is 0 Å². The Morgan fingerprint density at radius 1 is 1.02 bits per heavy atom. The molecule has 2 aromatic carbocycles. The van der Waals surface area contributed by atoms with Crippen LogP contribution in [-0.2, 0) is 17.5 Å². The summed E-state index contributed by atoms with van der Waals surface area (Å²) in [7, 11) is 1.99. The molecular formula is C35H36F3N7O2. The maximum absolute atomic E-state index is 14.1. The third-order valence-corrected chi connectivity index (χ3v) is 9.04. The lowest BCUT2D eigenvalue weighted by atomic mass is 9.94. The number of ketones is 1. The molecule has 2 fully saturated rings. The van der Waals surface area contributed by atoms with Crippen molar-refractivity contribution in [2.75, 3.05) is 44.3 Å². The van der Waals surface area contributed by atoms with Crippen molar-refractivity contribution in [3.05, 3.63) is 82.3 Å². The summed E-state index contributed by atoms with van der Waals surface area (Å²) >= 11 is 0. The number of halogens is 3. The first-order valence-corrected chi connectivity index (χ1v) is 15.6. The van der Waals surface area contributed by atoms with Crippen molar-refractivity contribution in [3.8, 4) is 11.8 Å². The Hall–Kier alpha value is -4.73. The number of anilines is 2. The zero-order chi connectivity index (χ0) is 33.3. The second-order valence-corrected chi connectivity index (χ2v) is 12.4. The van der Waals surface area contributed by atoms with Gasteiger partial charge >= 0.3 is 6.18 Å². The first kappa shape index (κ1) is 32.2. The zero-order valence-corrected chi connectivity index (χ0v) is 26.3. The molecule has 9 nitrogen and oxygen atoms in total. The van der Waals surface area contributed by atoms with Crippen LogP contribution in [0.2, 0.25) is 0 Å². The molecule has 0 spiro atoms. The molecule has 1 aliphatic heterocycles. The highest BCUT2D eigenvalue weighted by Crippen LogP contribution is 2.35. The molecule has 0 radical (unpaired) electrons. The van der Waals surface area contributed by atoms with Crippen LogP contribution in [0.25, 0.3) is 11.0 Å². The highest BCUT2D eigenvalue weighted by Gasteiger charge is 2.34. The zero-order valence-electron chi connectivity index (χ0n) is 26.3. The van der Waals surface area contributed by atoms with Crippen molar-refractivity contribution < 1.29 is 22.8 Å². The Kier molecular flexibility index (Phi) is 9.03. The fourth-order valence-electron chi connectivity index (χ4n) is 6.22. The van der Waals surface area contributed by atoms with Crippen LogP contribution >= 0.6 is 0 Å². The lowest BCUT2D eigenvalue weighted by Gasteiger charge is -2.33. The maximum atomic E-state index is 14.1. The molecule has 244 valence electrons. The van der Waals surface area contributed by atoms with Crippen LogP contribution in [0.1, 0.15) is 69.9 Å². The van der Waals surface area contributed by atoms with E-state index in [1.165, 1.54) is 18.5 Å². The van der Waals surface area contributed by atoms with Crippen molar-refractivity contribution in [2.24, 2.45) is 0 Å². The first-order valence-electron chi connectivity index (χ1n) is 15.6. The predicted molar refractivity (Wildman–Crippen MR) is 174 cm³/mol. The van der Waals surface area contributed by atoms with Gasteiger partial charge in [0.1, 0.15) is 23.6 Å². The van der Waals surface area contributed by atoms with E-state index < -0.39 is 17.6 Å². The molecule has 0 bridgehead atoms. The monoisotopic (exact) mass is 643 g/mol.